The molecule has 1 aromatic heterocycles. The summed E-state index contributed by atoms with van der Waals surface area (Å²) in [5.74, 6) is -0.00126. The molecule has 1 aromatic carbocycles. The Bertz CT molecular complexity index is 1030. The molecular formula is C17H19N3O4S2. The number of hydrogen-bond donors (Lipinski definition) is 1. The van der Waals surface area contributed by atoms with Crippen molar-refractivity contribution in [3.05, 3.63) is 34.6 Å². The molecule has 0 bridgehead atoms. The quantitative estimate of drug-likeness (QED) is 0.604. The molecule has 1 saturated heterocycles. The lowest BCUT2D eigenvalue weighted by molar-refractivity contribution is -0.119. The predicted octanol–water partition coefficient (Wildman–Crippen LogP) is 1.13. The summed E-state index contributed by atoms with van der Waals surface area (Å²) in [6.07, 6.45) is 2.35. The summed E-state index contributed by atoms with van der Waals surface area (Å²) in [6.45, 7) is 0. The van der Waals surface area contributed by atoms with Crippen LogP contribution in [0.1, 0.15) is 25.3 Å². The number of carbonyl (C=O) groups excluding carboxylic acids is 1. The molecular weight excluding hydrogens is 374 g/mol. The second-order valence-corrected chi connectivity index (χ2v) is 9.95. The van der Waals surface area contributed by atoms with Crippen LogP contribution in [0.15, 0.2) is 34.2 Å². The van der Waals surface area contributed by atoms with Gasteiger partial charge < -0.3 is 5.32 Å². The number of rotatable bonds is 5. The van der Waals surface area contributed by atoms with Gasteiger partial charge in [0.15, 0.2) is 15.0 Å². The molecule has 0 unspecified atom stereocenters. The van der Waals surface area contributed by atoms with Crippen LogP contribution in [-0.2, 0) is 14.6 Å². The minimum absolute atomic E-state index is 0.00438. The van der Waals surface area contributed by atoms with E-state index in [0.717, 1.165) is 12.8 Å². The third-order valence-electron chi connectivity index (χ3n) is 4.62. The Morgan fingerprint density at radius 2 is 2.04 bits per heavy atom. The first-order valence-corrected chi connectivity index (χ1v) is 11.4. The average molecular weight is 393 g/mol. The van der Waals surface area contributed by atoms with Crippen LogP contribution in [0, 0.1) is 0 Å². The van der Waals surface area contributed by atoms with Crippen molar-refractivity contribution in [2.45, 2.75) is 36.5 Å². The fourth-order valence-corrected chi connectivity index (χ4v) is 5.74. The maximum absolute atomic E-state index is 12.8. The van der Waals surface area contributed by atoms with Crippen LogP contribution in [0.25, 0.3) is 10.9 Å². The number of amides is 1. The maximum atomic E-state index is 12.8. The van der Waals surface area contributed by atoms with E-state index in [9.17, 15) is 18.0 Å². The first-order chi connectivity index (χ1) is 12.4. The molecule has 2 fully saturated rings. The van der Waals surface area contributed by atoms with Gasteiger partial charge in [-0.15, -0.1) is 0 Å². The van der Waals surface area contributed by atoms with Gasteiger partial charge in [-0.2, -0.15) is 0 Å². The predicted molar refractivity (Wildman–Crippen MR) is 100 cm³/mol. The van der Waals surface area contributed by atoms with Crippen molar-refractivity contribution in [1.29, 1.82) is 0 Å². The molecule has 1 aliphatic heterocycles. The average Bonchev–Trinajstić information content (AvgIpc) is 3.37. The minimum atomic E-state index is -3.03. The smallest absolute Gasteiger partial charge is 0.262 e. The molecule has 7 nitrogen and oxygen atoms in total. The lowest BCUT2D eigenvalue weighted by Crippen LogP contribution is -2.36. The summed E-state index contributed by atoms with van der Waals surface area (Å²) in [4.78, 5) is 29.5. The fraction of sp³-hybridized carbons (Fsp3) is 0.471. The lowest BCUT2D eigenvalue weighted by atomic mass is 10.2. The molecule has 1 N–H and O–H groups in total. The number of benzene rings is 1. The van der Waals surface area contributed by atoms with E-state index in [1.54, 1.807) is 16.7 Å². The van der Waals surface area contributed by atoms with E-state index in [1.807, 2.05) is 12.1 Å². The SMILES string of the molecule is O=C(CSc1nc2ccccc2c(=O)n1C1CC1)N[C@@H]1CCS(=O)(=O)C1. The number of para-hydroxylation sites is 1. The Morgan fingerprint density at radius 3 is 2.73 bits per heavy atom. The zero-order chi connectivity index (χ0) is 18.3. The van der Waals surface area contributed by atoms with E-state index in [1.165, 1.54) is 11.8 Å². The maximum Gasteiger partial charge on any atom is 0.262 e. The molecule has 4 rings (SSSR count). The number of thioether (sulfide) groups is 1. The highest BCUT2D eigenvalue weighted by Crippen LogP contribution is 2.36. The van der Waals surface area contributed by atoms with Crippen LogP contribution >= 0.6 is 11.8 Å². The van der Waals surface area contributed by atoms with E-state index in [4.69, 9.17) is 0 Å². The van der Waals surface area contributed by atoms with Crippen LogP contribution in [0.5, 0.6) is 0 Å². The lowest BCUT2D eigenvalue weighted by Gasteiger charge is -2.13. The highest BCUT2D eigenvalue weighted by atomic mass is 32.2. The standard InChI is InChI=1S/C17H19N3O4S2/c21-15(18-11-7-8-26(23,24)10-11)9-25-17-19-14-4-2-1-3-13(14)16(22)20(17)12-5-6-12/h1-4,11-12H,5-10H2,(H,18,21)/t11-/m1/s1. The molecule has 0 spiro atoms. The molecule has 1 amide bonds. The van der Waals surface area contributed by atoms with Gasteiger partial charge in [-0.1, -0.05) is 23.9 Å². The first-order valence-electron chi connectivity index (χ1n) is 8.57. The Balaban J connectivity index is 1.51. The van der Waals surface area contributed by atoms with E-state index in [-0.39, 0.29) is 40.8 Å². The third-order valence-corrected chi connectivity index (χ3v) is 7.34. The van der Waals surface area contributed by atoms with Crippen molar-refractivity contribution < 1.29 is 13.2 Å². The summed E-state index contributed by atoms with van der Waals surface area (Å²) in [7, 11) is -3.03. The van der Waals surface area contributed by atoms with E-state index >= 15 is 0 Å². The number of carbonyl (C=O) groups is 1. The normalized spacial score (nSPS) is 21.8. The Kier molecular flexibility index (Phi) is 4.52. The van der Waals surface area contributed by atoms with Crippen molar-refractivity contribution in [3.8, 4) is 0 Å². The van der Waals surface area contributed by atoms with Gasteiger partial charge in [-0.25, -0.2) is 13.4 Å². The number of nitrogens with zero attached hydrogens (tertiary/aromatic N) is 2. The topological polar surface area (TPSA) is 98.1 Å². The van der Waals surface area contributed by atoms with Gasteiger partial charge in [0.2, 0.25) is 5.91 Å². The van der Waals surface area contributed by atoms with Crippen molar-refractivity contribution >= 4 is 38.4 Å². The van der Waals surface area contributed by atoms with Gasteiger partial charge in [-0.3, -0.25) is 14.2 Å². The summed E-state index contributed by atoms with van der Waals surface area (Å²) in [6, 6.07) is 7.05. The van der Waals surface area contributed by atoms with Gasteiger partial charge >= 0.3 is 0 Å². The number of aromatic nitrogens is 2. The van der Waals surface area contributed by atoms with Crippen LogP contribution < -0.4 is 10.9 Å². The zero-order valence-electron chi connectivity index (χ0n) is 14.1. The molecule has 2 aliphatic rings. The van der Waals surface area contributed by atoms with Gasteiger partial charge in [0, 0.05) is 12.1 Å². The van der Waals surface area contributed by atoms with Gasteiger partial charge in [0.05, 0.1) is 28.2 Å². The van der Waals surface area contributed by atoms with Gasteiger partial charge in [0.1, 0.15) is 0 Å². The number of sulfone groups is 1. The second kappa shape index (κ2) is 6.70. The molecule has 9 heteroatoms. The molecule has 26 heavy (non-hydrogen) atoms. The van der Waals surface area contributed by atoms with Gasteiger partial charge in [-0.05, 0) is 31.4 Å². The second-order valence-electron chi connectivity index (χ2n) is 6.77. The summed E-state index contributed by atoms with van der Waals surface area (Å²) in [5, 5.41) is 3.90. The van der Waals surface area contributed by atoms with Crippen molar-refractivity contribution in [2.24, 2.45) is 0 Å². The Morgan fingerprint density at radius 1 is 1.27 bits per heavy atom. The summed E-state index contributed by atoms with van der Waals surface area (Å²) in [5.41, 5.74) is 0.557. The highest BCUT2D eigenvalue weighted by molar-refractivity contribution is 7.99. The van der Waals surface area contributed by atoms with Crippen molar-refractivity contribution in [3.63, 3.8) is 0 Å². The number of fused-ring (bicyclic) bond motifs is 1. The fourth-order valence-electron chi connectivity index (χ4n) is 3.19. The molecule has 1 aliphatic carbocycles. The largest absolute Gasteiger partial charge is 0.352 e. The van der Waals surface area contributed by atoms with Crippen LogP contribution in [0.3, 0.4) is 0 Å². The first kappa shape index (κ1) is 17.5. The number of nitrogens with one attached hydrogen (secondary N) is 1. The van der Waals surface area contributed by atoms with Crippen molar-refractivity contribution in [2.75, 3.05) is 17.3 Å². The van der Waals surface area contributed by atoms with Crippen molar-refractivity contribution in [1.82, 2.24) is 14.9 Å². The monoisotopic (exact) mass is 393 g/mol. The van der Waals surface area contributed by atoms with Crippen LogP contribution in [0.4, 0.5) is 0 Å². The molecule has 1 saturated carbocycles. The molecule has 0 radical (unpaired) electrons. The minimum Gasteiger partial charge on any atom is -0.352 e. The summed E-state index contributed by atoms with van der Waals surface area (Å²) >= 11 is 1.23. The third kappa shape index (κ3) is 3.64. The van der Waals surface area contributed by atoms with Crippen LogP contribution in [-0.4, -0.2) is 47.2 Å². The Labute approximate surface area is 155 Å². The highest BCUT2D eigenvalue weighted by Gasteiger charge is 2.30. The number of hydrogen-bond acceptors (Lipinski definition) is 6. The van der Waals surface area contributed by atoms with Gasteiger partial charge in [0.25, 0.3) is 5.56 Å². The van der Waals surface area contributed by atoms with E-state index in [0.29, 0.717) is 22.5 Å². The summed E-state index contributed by atoms with van der Waals surface area (Å²) < 4.78 is 24.7. The van der Waals surface area contributed by atoms with E-state index < -0.39 is 9.84 Å². The zero-order valence-corrected chi connectivity index (χ0v) is 15.7. The molecule has 138 valence electrons. The van der Waals surface area contributed by atoms with Crippen LogP contribution in [0.2, 0.25) is 0 Å². The molecule has 2 aromatic rings. The van der Waals surface area contributed by atoms with E-state index in [2.05, 4.69) is 10.3 Å². The Hall–Kier alpha value is -1.87. The molecule has 2 heterocycles. The molecule has 1 atom stereocenters.